The smallest absolute Gasteiger partial charge is 0.325 e. The van der Waals surface area contributed by atoms with E-state index in [-0.39, 0.29) is 12.5 Å². The van der Waals surface area contributed by atoms with E-state index in [0.29, 0.717) is 23.9 Å². The lowest BCUT2D eigenvalue weighted by Gasteiger charge is -2.08. The number of amides is 1. The average molecular weight is 331 g/mol. The number of hydrogen-bond donors (Lipinski definition) is 2. The van der Waals surface area contributed by atoms with Crippen molar-refractivity contribution in [3.8, 4) is 5.75 Å². The first kappa shape index (κ1) is 17.5. The highest BCUT2D eigenvalue weighted by Gasteiger charge is 2.09. The number of nitrogens with zero attached hydrogens (tertiary/aromatic N) is 2. The van der Waals surface area contributed by atoms with Crippen LogP contribution >= 0.6 is 0 Å². The molecule has 0 fully saturated rings. The van der Waals surface area contributed by atoms with Crippen molar-refractivity contribution < 1.29 is 19.4 Å². The van der Waals surface area contributed by atoms with Crippen LogP contribution in [0.3, 0.4) is 0 Å². The molecular weight excluding hydrogens is 310 g/mol. The van der Waals surface area contributed by atoms with E-state index in [1.165, 1.54) is 10.9 Å². The first-order chi connectivity index (χ1) is 11.4. The topological polar surface area (TPSA) is 93.5 Å². The van der Waals surface area contributed by atoms with Crippen LogP contribution in [-0.2, 0) is 11.3 Å². The van der Waals surface area contributed by atoms with Crippen molar-refractivity contribution in [2.24, 2.45) is 5.92 Å². The molecule has 1 amide bonds. The van der Waals surface area contributed by atoms with E-state index in [1.54, 1.807) is 30.3 Å². The van der Waals surface area contributed by atoms with E-state index in [0.717, 1.165) is 12.2 Å². The number of carbonyl (C=O) groups is 2. The Hall–Kier alpha value is -2.83. The number of carboxylic acid groups (broad SMARTS) is 1. The Morgan fingerprint density at radius 1 is 1.25 bits per heavy atom. The van der Waals surface area contributed by atoms with Gasteiger partial charge in [0, 0.05) is 17.8 Å². The lowest BCUT2D eigenvalue weighted by molar-refractivity contribution is -0.137. The Morgan fingerprint density at radius 2 is 1.96 bits per heavy atom. The monoisotopic (exact) mass is 331 g/mol. The molecule has 0 atom stereocenters. The van der Waals surface area contributed by atoms with Gasteiger partial charge in [0.1, 0.15) is 12.3 Å². The van der Waals surface area contributed by atoms with Crippen molar-refractivity contribution in [2.45, 2.75) is 26.8 Å². The molecule has 1 aromatic heterocycles. The van der Waals surface area contributed by atoms with Crippen molar-refractivity contribution in [3.63, 3.8) is 0 Å². The van der Waals surface area contributed by atoms with Crippen LogP contribution in [0.4, 0.5) is 5.82 Å². The summed E-state index contributed by atoms with van der Waals surface area (Å²) in [6, 6.07) is 8.39. The summed E-state index contributed by atoms with van der Waals surface area (Å²) in [6.07, 6.45) is 2.47. The predicted molar refractivity (Wildman–Crippen MR) is 89.2 cm³/mol. The molecule has 128 valence electrons. The number of hydrogen-bond acceptors (Lipinski definition) is 4. The van der Waals surface area contributed by atoms with Crippen molar-refractivity contribution in [1.29, 1.82) is 0 Å². The lowest BCUT2D eigenvalue weighted by Crippen LogP contribution is -2.14. The second-order valence-corrected chi connectivity index (χ2v) is 5.80. The van der Waals surface area contributed by atoms with Crippen molar-refractivity contribution >= 4 is 17.7 Å². The fourth-order valence-electron chi connectivity index (χ4n) is 1.96. The third-order valence-electron chi connectivity index (χ3n) is 3.26. The molecule has 1 heterocycles. The molecule has 0 unspecified atom stereocenters. The molecule has 0 spiro atoms. The van der Waals surface area contributed by atoms with Crippen LogP contribution in [0.5, 0.6) is 5.75 Å². The summed E-state index contributed by atoms with van der Waals surface area (Å²) in [5.74, 6) is 0.292. The standard InChI is InChI=1S/C17H21N3O4/c1-12(2)8-10-24-14-5-3-13(4-6-14)17(23)18-15-7-9-20(19-15)11-16(21)22/h3-7,9,12H,8,10-11H2,1-2H3,(H,21,22)(H,18,19,23). The number of ether oxygens (including phenoxy) is 1. The summed E-state index contributed by atoms with van der Waals surface area (Å²) in [7, 11) is 0. The van der Waals surface area contributed by atoms with Gasteiger partial charge in [-0.25, -0.2) is 0 Å². The molecule has 2 N–H and O–H groups in total. The fraction of sp³-hybridized carbons (Fsp3) is 0.353. The normalized spacial score (nSPS) is 10.6. The first-order valence-corrected chi connectivity index (χ1v) is 7.73. The molecule has 24 heavy (non-hydrogen) atoms. The molecule has 0 saturated carbocycles. The molecule has 0 aliphatic carbocycles. The Labute approximate surface area is 140 Å². The van der Waals surface area contributed by atoms with Crippen LogP contribution in [0.1, 0.15) is 30.6 Å². The Kier molecular flexibility index (Phi) is 5.95. The zero-order valence-corrected chi connectivity index (χ0v) is 13.7. The molecule has 7 heteroatoms. The number of anilines is 1. The highest BCUT2D eigenvalue weighted by molar-refractivity contribution is 6.03. The van der Waals surface area contributed by atoms with Crippen LogP contribution in [0.25, 0.3) is 0 Å². The first-order valence-electron chi connectivity index (χ1n) is 7.73. The van der Waals surface area contributed by atoms with E-state index in [2.05, 4.69) is 24.3 Å². The van der Waals surface area contributed by atoms with Crippen molar-refractivity contribution in [2.75, 3.05) is 11.9 Å². The summed E-state index contributed by atoms with van der Waals surface area (Å²) in [5, 5.41) is 15.3. The summed E-state index contributed by atoms with van der Waals surface area (Å²) >= 11 is 0. The molecule has 1 aromatic carbocycles. The van der Waals surface area contributed by atoms with Gasteiger partial charge in [-0.15, -0.1) is 0 Å². The van der Waals surface area contributed by atoms with Gasteiger partial charge in [-0.1, -0.05) is 13.8 Å². The summed E-state index contributed by atoms with van der Waals surface area (Å²) in [5.41, 5.74) is 0.471. The van der Waals surface area contributed by atoms with Crippen LogP contribution in [0.15, 0.2) is 36.5 Å². The largest absolute Gasteiger partial charge is 0.494 e. The zero-order valence-electron chi connectivity index (χ0n) is 13.7. The Balaban J connectivity index is 1.90. The van der Waals surface area contributed by atoms with Gasteiger partial charge in [0.2, 0.25) is 0 Å². The molecule has 2 aromatic rings. The number of aliphatic carboxylic acids is 1. The molecule has 0 radical (unpaired) electrons. The van der Waals surface area contributed by atoms with Gasteiger partial charge in [0.25, 0.3) is 5.91 Å². The van der Waals surface area contributed by atoms with Crippen molar-refractivity contribution in [3.05, 3.63) is 42.1 Å². The second-order valence-electron chi connectivity index (χ2n) is 5.80. The van der Waals surface area contributed by atoms with E-state index in [4.69, 9.17) is 9.84 Å². The molecule has 0 aliphatic heterocycles. The Bertz CT molecular complexity index is 692. The number of nitrogens with one attached hydrogen (secondary N) is 1. The van der Waals surface area contributed by atoms with E-state index in [1.807, 2.05) is 0 Å². The van der Waals surface area contributed by atoms with E-state index in [9.17, 15) is 9.59 Å². The Morgan fingerprint density at radius 3 is 2.58 bits per heavy atom. The summed E-state index contributed by atoms with van der Waals surface area (Å²) < 4.78 is 6.85. The van der Waals surface area contributed by atoms with Crippen molar-refractivity contribution in [1.82, 2.24) is 9.78 Å². The van der Waals surface area contributed by atoms with Crippen LogP contribution < -0.4 is 10.1 Å². The molecule has 2 rings (SSSR count). The van der Waals surface area contributed by atoms with Gasteiger partial charge >= 0.3 is 5.97 Å². The minimum absolute atomic E-state index is 0.252. The predicted octanol–water partition coefficient (Wildman–Crippen LogP) is 2.64. The maximum atomic E-state index is 12.1. The van der Waals surface area contributed by atoms with Gasteiger partial charge in [-0.05, 0) is 36.6 Å². The highest BCUT2D eigenvalue weighted by atomic mass is 16.5. The fourth-order valence-corrected chi connectivity index (χ4v) is 1.96. The zero-order chi connectivity index (χ0) is 17.5. The molecule has 0 aliphatic rings. The minimum Gasteiger partial charge on any atom is -0.494 e. The number of rotatable bonds is 8. The third-order valence-corrected chi connectivity index (χ3v) is 3.26. The summed E-state index contributed by atoms with van der Waals surface area (Å²) in [6.45, 7) is 4.66. The number of carbonyl (C=O) groups excluding carboxylic acids is 1. The van der Waals surface area contributed by atoms with Crippen LogP contribution in [0.2, 0.25) is 0 Å². The minimum atomic E-state index is -0.996. The average Bonchev–Trinajstić information content (AvgIpc) is 2.93. The number of aromatic nitrogens is 2. The van der Waals surface area contributed by atoms with Gasteiger partial charge in [-0.2, -0.15) is 5.10 Å². The third kappa shape index (κ3) is 5.42. The van der Waals surface area contributed by atoms with Crippen LogP contribution in [0, 0.1) is 5.92 Å². The van der Waals surface area contributed by atoms with E-state index >= 15 is 0 Å². The van der Waals surface area contributed by atoms with Gasteiger partial charge in [0.15, 0.2) is 5.82 Å². The van der Waals surface area contributed by atoms with Gasteiger partial charge < -0.3 is 15.2 Å². The maximum Gasteiger partial charge on any atom is 0.325 e. The van der Waals surface area contributed by atoms with Gasteiger partial charge in [0.05, 0.1) is 6.61 Å². The van der Waals surface area contributed by atoms with Gasteiger partial charge in [-0.3, -0.25) is 14.3 Å². The summed E-state index contributed by atoms with van der Waals surface area (Å²) in [4.78, 5) is 22.7. The molecule has 0 bridgehead atoms. The lowest BCUT2D eigenvalue weighted by atomic mass is 10.1. The maximum absolute atomic E-state index is 12.1. The van der Waals surface area contributed by atoms with E-state index < -0.39 is 5.97 Å². The SMILES string of the molecule is CC(C)CCOc1ccc(C(=O)Nc2ccn(CC(=O)O)n2)cc1. The molecule has 0 saturated heterocycles. The molecular formula is C17H21N3O4. The number of carboxylic acids is 1. The highest BCUT2D eigenvalue weighted by Crippen LogP contribution is 2.14. The molecule has 7 nitrogen and oxygen atoms in total. The number of benzene rings is 1. The quantitative estimate of drug-likeness (QED) is 0.775. The second kappa shape index (κ2) is 8.14. The van der Waals surface area contributed by atoms with Crippen LogP contribution in [-0.4, -0.2) is 33.4 Å².